The highest BCUT2D eigenvalue weighted by atomic mass is 32.2. The third-order valence-electron chi connectivity index (χ3n) is 3.14. The van der Waals surface area contributed by atoms with Gasteiger partial charge in [-0.3, -0.25) is 0 Å². The first-order valence-electron chi connectivity index (χ1n) is 6.59. The van der Waals surface area contributed by atoms with Gasteiger partial charge in [0.25, 0.3) is 0 Å². The summed E-state index contributed by atoms with van der Waals surface area (Å²) in [5, 5.41) is 4.93. The number of nitrogens with two attached hydrogens (primary N) is 1. The minimum absolute atomic E-state index is 0.0743. The molecule has 0 aliphatic rings. The van der Waals surface area contributed by atoms with E-state index >= 15 is 0 Å². The molecule has 0 atom stereocenters. The average Bonchev–Trinajstić information content (AvgIpc) is 2.31. The molecule has 0 aliphatic heterocycles. The molecule has 0 amide bonds. The van der Waals surface area contributed by atoms with Crippen molar-refractivity contribution in [3.8, 4) is 5.75 Å². The van der Waals surface area contributed by atoms with Crippen molar-refractivity contribution in [2.45, 2.75) is 39.5 Å². The summed E-state index contributed by atoms with van der Waals surface area (Å²) in [7, 11) is -3.30. The van der Waals surface area contributed by atoms with E-state index in [0.717, 1.165) is 25.0 Å². The van der Waals surface area contributed by atoms with Crippen molar-refractivity contribution >= 4 is 10.0 Å². The maximum absolute atomic E-state index is 10.7. The number of rotatable bonds is 8. The van der Waals surface area contributed by atoms with Crippen LogP contribution in [0, 0.1) is 13.8 Å². The van der Waals surface area contributed by atoms with Crippen molar-refractivity contribution in [2.75, 3.05) is 12.4 Å². The first-order valence-corrected chi connectivity index (χ1v) is 8.31. The number of sulfonamides is 1. The summed E-state index contributed by atoms with van der Waals surface area (Å²) in [5.74, 6) is 1.01. The van der Waals surface area contributed by atoms with Crippen molar-refractivity contribution in [3.63, 3.8) is 0 Å². The zero-order valence-corrected chi connectivity index (χ0v) is 12.5. The topological polar surface area (TPSA) is 69.4 Å². The van der Waals surface area contributed by atoms with Crippen LogP contribution < -0.4 is 9.88 Å². The van der Waals surface area contributed by atoms with Crippen LogP contribution in [0.3, 0.4) is 0 Å². The summed E-state index contributed by atoms with van der Waals surface area (Å²) in [6.07, 6.45) is 3.38. The fourth-order valence-electron chi connectivity index (χ4n) is 1.82. The Morgan fingerprint density at radius 1 is 1.11 bits per heavy atom. The molecular formula is C14H23NO3S. The molecule has 1 aromatic carbocycles. The van der Waals surface area contributed by atoms with Gasteiger partial charge >= 0.3 is 0 Å². The first kappa shape index (κ1) is 16.0. The molecule has 5 heteroatoms. The third kappa shape index (κ3) is 6.59. The summed E-state index contributed by atoms with van der Waals surface area (Å²) in [5.41, 5.74) is 2.40. The van der Waals surface area contributed by atoms with E-state index in [0.29, 0.717) is 13.0 Å². The van der Waals surface area contributed by atoms with Gasteiger partial charge in [0.1, 0.15) is 5.75 Å². The van der Waals surface area contributed by atoms with Crippen LogP contribution in [-0.2, 0) is 10.0 Å². The van der Waals surface area contributed by atoms with Crippen LogP contribution in [-0.4, -0.2) is 20.8 Å². The van der Waals surface area contributed by atoms with E-state index in [-0.39, 0.29) is 5.75 Å². The highest BCUT2D eigenvalue weighted by molar-refractivity contribution is 7.89. The molecular weight excluding hydrogens is 262 g/mol. The van der Waals surface area contributed by atoms with Gasteiger partial charge in [0.05, 0.1) is 12.4 Å². The second-order valence-corrected chi connectivity index (χ2v) is 6.56. The van der Waals surface area contributed by atoms with Gasteiger partial charge in [-0.15, -0.1) is 0 Å². The Balaban J connectivity index is 2.16. The number of hydrogen-bond acceptors (Lipinski definition) is 3. The number of unbranched alkanes of at least 4 members (excludes halogenated alkanes) is 3. The Bertz CT molecular complexity index is 497. The van der Waals surface area contributed by atoms with Gasteiger partial charge in [0, 0.05) is 0 Å². The van der Waals surface area contributed by atoms with Crippen LogP contribution in [0.25, 0.3) is 0 Å². The van der Waals surface area contributed by atoms with Gasteiger partial charge in [-0.05, 0) is 43.9 Å². The smallest absolute Gasteiger partial charge is 0.209 e. The Morgan fingerprint density at radius 2 is 1.79 bits per heavy atom. The summed E-state index contributed by atoms with van der Waals surface area (Å²) in [6, 6.07) is 6.03. The lowest BCUT2D eigenvalue weighted by molar-refractivity contribution is 0.303. The fourth-order valence-corrected chi connectivity index (χ4v) is 2.43. The molecule has 0 aromatic heterocycles. The first-order chi connectivity index (χ1) is 8.90. The third-order valence-corrected chi connectivity index (χ3v) is 3.99. The van der Waals surface area contributed by atoms with Gasteiger partial charge in [0.15, 0.2) is 0 Å². The predicted octanol–water partition coefficient (Wildman–Crippen LogP) is 2.53. The fraction of sp³-hybridized carbons (Fsp3) is 0.571. The Kier molecular flexibility index (Phi) is 6.31. The van der Waals surface area contributed by atoms with Crippen molar-refractivity contribution in [1.82, 2.24) is 0 Å². The minimum Gasteiger partial charge on any atom is -0.493 e. The van der Waals surface area contributed by atoms with E-state index in [4.69, 9.17) is 9.88 Å². The molecule has 0 aliphatic carbocycles. The quantitative estimate of drug-likeness (QED) is 0.746. The molecule has 2 N–H and O–H groups in total. The number of aryl methyl sites for hydroxylation is 1. The summed E-state index contributed by atoms with van der Waals surface area (Å²) < 4.78 is 27.2. The summed E-state index contributed by atoms with van der Waals surface area (Å²) in [4.78, 5) is 0. The largest absolute Gasteiger partial charge is 0.493 e. The number of hydrogen-bond donors (Lipinski definition) is 1. The molecule has 1 rings (SSSR count). The van der Waals surface area contributed by atoms with Crippen LogP contribution >= 0.6 is 0 Å². The monoisotopic (exact) mass is 285 g/mol. The molecule has 0 unspecified atom stereocenters. The van der Waals surface area contributed by atoms with E-state index in [9.17, 15) is 8.42 Å². The normalized spacial score (nSPS) is 11.5. The van der Waals surface area contributed by atoms with E-state index in [1.54, 1.807) is 0 Å². The van der Waals surface area contributed by atoms with Crippen LogP contribution in [0.2, 0.25) is 0 Å². The SMILES string of the molecule is Cc1cccc(OCCCCCCS(N)(=O)=O)c1C. The maximum atomic E-state index is 10.7. The van der Waals surface area contributed by atoms with Crippen LogP contribution in [0.5, 0.6) is 5.75 Å². The van der Waals surface area contributed by atoms with Gasteiger partial charge in [-0.25, -0.2) is 13.6 Å². The van der Waals surface area contributed by atoms with E-state index in [2.05, 4.69) is 19.9 Å². The average molecular weight is 285 g/mol. The standard InChI is InChI=1S/C14H23NO3S/c1-12-8-7-9-14(13(12)2)18-10-5-3-4-6-11-19(15,16)17/h7-9H,3-6,10-11H2,1-2H3,(H2,15,16,17). The summed E-state index contributed by atoms with van der Waals surface area (Å²) in [6.45, 7) is 4.78. The lowest BCUT2D eigenvalue weighted by atomic mass is 10.1. The molecule has 108 valence electrons. The van der Waals surface area contributed by atoms with E-state index in [1.807, 2.05) is 12.1 Å². The van der Waals surface area contributed by atoms with Gasteiger partial charge < -0.3 is 4.74 Å². The van der Waals surface area contributed by atoms with Gasteiger partial charge in [0.2, 0.25) is 10.0 Å². The van der Waals surface area contributed by atoms with Crippen molar-refractivity contribution in [3.05, 3.63) is 29.3 Å². The molecule has 0 spiro atoms. The van der Waals surface area contributed by atoms with E-state index in [1.165, 1.54) is 11.1 Å². The zero-order chi connectivity index (χ0) is 14.3. The zero-order valence-electron chi connectivity index (χ0n) is 11.7. The van der Waals surface area contributed by atoms with Crippen molar-refractivity contribution < 1.29 is 13.2 Å². The molecule has 0 heterocycles. The number of ether oxygens (including phenoxy) is 1. The highest BCUT2D eigenvalue weighted by Crippen LogP contribution is 2.20. The lowest BCUT2D eigenvalue weighted by Gasteiger charge is -2.10. The Hall–Kier alpha value is -1.07. The second-order valence-electron chi connectivity index (χ2n) is 4.83. The second kappa shape index (κ2) is 7.50. The molecule has 0 saturated heterocycles. The molecule has 0 fully saturated rings. The Morgan fingerprint density at radius 3 is 2.47 bits per heavy atom. The molecule has 0 bridgehead atoms. The molecule has 0 saturated carbocycles. The van der Waals surface area contributed by atoms with Crippen molar-refractivity contribution in [2.24, 2.45) is 5.14 Å². The van der Waals surface area contributed by atoms with Crippen LogP contribution in [0.15, 0.2) is 18.2 Å². The maximum Gasteiger partial charge on any atom is 0.209 e. The summed E-state index contributed by atoms with van der Waals surface area (Å²) >= 11 is 0. The van der Waals surface area contributed by atoms with Crippen molar-refractivity contribution in [1.29, 1.82) is 0 Å². The highest BCUT2D eigenvalue weighted by Gasteiger charge is 2.03. The Labute approximate surface area is 116 Å². The minimum atomic E-state index is -3.30. The molecule has 1 aromatic rings. The van der Waals surface area contributed by atoms with Crippen LogP contribution in [0.1, 0.15) is 36.8 Å². The number of primary sulfonamides is 1. The molecule has 4 nitrogen and oxygen atoms in total. The van der Waals surface area contributed by atoms with Crippen LogP contribution in [0.4, 0.5) is 0 Å². The molecule has 0 radical (unpaired) electrons. The van der Waals surface area contributed by atoms with E-state index < -0.39 is 10.0 Å². The predicted molar refractivity (Wildman–Crippen MR) is 77.9 cm³/mol. The molecule has 19 heavy (non-hydrogen) atoms. The number of benzene rings is 1. The van der Waals surface area contributed by atoms with Gasteiger partial charge in [-0.1, -0.05) is 25.0 Å². The lowest BCUT2D eigenvalue weighted by Crippen LogP contribution is -2.16. The van der Waals surface area contributed by atoms with Gasteiger partial charge in [-0.2, -0.15) is 0 Å².